The van der Waals surface area contributed by atoms with Gasteiger partial charge in [0.05, 0.1) is 12.2 Å². The molecule has 0 amide bonds. The van der Waals surface area contributed by atoms with Gasteiger partial charge in [0.15, 0.2) is 0 Å². The molecule has 2 aliphatic rings. The molecule has 2 atom stereocenters. The van der Waals surface area contributed by atoms with Crippen molar-refractivity contribution in [3.63, 3.8) is 0 Å². The predicted molar refractivity (Wildman–Crippen MR) is 87.7 cm³/mol. The van der Waals surface area contributed by atoms with Crippen LogP contribution >= 0.6 is 12.4 Å². The van der Waals surface area contributed by atoms with Gasteiger partial charge in [-0.3, -0.25) is 4.90 Å². The Morgan fingerprint density at radius 1 is 1.14 bits per heavy atom. The van der Waals surface area contributed by atoms with Crippen LogP contribution in [-0.2, 0) is 17.6 Å². The van der Waals surface area contributed by atoms with Crippen LogP contribution in [0.3, 0.4) is 0 Å². The van der Waals surface area contributed by atoms with E-state index in [2.05, 4.69) is 36.9 Å². The van der Waals surface area contributed by atoms with Gasteiger partial charge in [0, 0.05) is 19.6 Å². The summed E-state index contributed by atoms with van der Waals surface area (Å²) >= 11 is 0. The standard InChI is InChI=1S/C17H25NO2.ClH/c1-13-11-18(12-14(2)20-13)8-9-19-17-7-6-15-4-3-5-16(15)10-17;/h6-7,10,13-14H,3-5,8-9,11-12H2,1-2H3;1H. The van der Waals surface area contributed by atoms with Crippen molar-refractivity contribution in [3.8, 4) is 5.75 Å². The maximum Gasteiger partial charge on any atom is 0.119 e. The molecule has 3 rings (SSSR count). The summed E-state index contributed by atoms with van der Waals surface area (Å²) in [6.45, 7) is 8.05. The van der Waals surface area contributed by atoms with Crippen LogP contribution in [-0.4, -0.2) is 43.3 Å². The Kier molecular flexibility index (Phi) is 5.91. The molecule has 21 heavy (non-hydrogen) atoms. The highest BCUT2D eigenvalue weighted by Crippen LogP contribution is 2.26. The summed E-state index contributed by atoms with van der Waals surface area (Å²) in [6.07, 6.45) is 4.41. The maximum absolute atomic E-state index is 5.92. The van der Waals surface area contributed by atoms with Crippen LogP contribution in [0.1, 0.15) is 31.4 Å². The minimum absolute atomic E-state index is 0. The Labute approximate surface area is 134 Å². The first-order chi connectivity index (χ1) is 9.70. The number of rotatable bonds is 4. The molecule has 3 nitrogen and oxygen atoms in total. The number of benzene rings is 1. The number of ether oxygens (including phenoxy) is 2. The van der Waals surface area contributed by atoms with Crippen molar-refractivity contribution in [2.75, 3.05) is 26.2 Å². The lowest BCUT2D eigenvalue weighted by molar-refractivity contribution is -0.0699. The van der Waals surface area contributed by atoms with Crippen molar-refractivity contribution >= 4 is 12.4 Å². The third-order valence-electron chi connectivity index (χ3n) is 4.24. The van der Waals surface area contributed by atoms with Gasteiger partial charge in [-0.1, -0.05) is 6.07 Å². The minimum Gasteiger partial charge on any atom is -0.492 e. The molecule has 0 aromatic heterocycles. The summed E-state index contributed by atoms with van der Waals surface area (Å²) in [5, 5.41) is 0. The zero-order valence-electron chi connectivity index (χ0n) is 13.0. The van der Waals surface area contributed by atoms with Gasteiger partial charge in [0.25, 0.3) is 0 Å². The second-order valence-corrected chi connectivity index (χ2v) is 6.15. The molecule has 1 aliphatic heterocycles. The fraction of sp³-hybridized carbons (Fsp3) is 0.647. The van der Waals surface area contributed by atoms with Crippen LogP contribution in [0.2, 0.25) is 0 Å². The summed E-state index contributed by atoms with van der Waals surface area (Å²) in [6, 6.07) is 6.58. The molecule has 0 bridgehead atoms. The second kappa shape index (κ2) is 7.48. The van der Waals surface area contributed by atoms with Crippen molar-refractivity contribution in [3.05, 3.63) is 29.3 Å². The first-order valence-corrected chi connectivity index (χ1v) is 7.83. The van der Waals surface area contributed by atoms with Crippen molar-refractivity contribution in [2.45, 2.75) is 45.3 Å². The van der Waals surface area contributed by atoms with E-state index in [0.29, 0.717) is 12.2 Å². The molecule has 118 valence electrons. The third kappa shape index (κ3) is 4.35. The highest BCUT2D eigenvalue weighted by Gasteiger charge is 2.21. The maximum atomic E-state index is 5.92. The topological polar surface area (TPSA) is 21.7 Å². The van der Waals surface area contributed by atoms with Gasteiger partial charge >= 0.3 is 0 Å². The average Bonchev–Trinajstić information content (AvgIpc) is 2.85. The molecule has 2 unspecified atom stereocenters. The van der Waals surface area contributed by atoms with Crippen molar-refractivity contribution in [1.29, 1.82) is 0 Å². The van der Waals surface area contributed by atoms with E-state index in [0.717, 1.165) is 32.0 Å². The van der Waals surface area contributed by atoms with Crippen LogP contribution in [0.25, 0.3) is 0 Å². The fourth-order valence-corrected chi connectivity index (χ4v) is 3.40. The zero-order valence-corrected chi connectivity index (χ0v) is 13.8. The normalized spacial score (nSPS) is 25.2. The van der Waals surface area contributed by atoms with Gasteiger partial charge in [-0.25, -0.2) is 0 Å². The Morgan fingerprint density at radius 3 is 2.62 bits per heavy atom. The van der Waals surface area contributed by atoms with E-state index in [1.165, 1.54) is 30.4 Å². The lowest BCUT2D eigenvalue weighted by Crippen LogP contribution is -2.46. The molecule has 4 heteroatoms. The molecule has 1 aromatic carbocycles. The Balaban J connectivity index is 0.00000161. The first kappa shape index (κ1) is 16.6. The quantitative estimate of drug-likeness (QED) is 0.853. The Hall–Kier alpha value is -0.770. The van der Waals surface area contributed by atoms with Crippen molar-refractivity contribution in [1.82, 2.24) is 4.90 Å². The molecule has 0 saturated carbocycles. The van der Waals surface area contributed by atoms with E-state index in [9.17, 15) is 0 Å². The lowest BCUT2D eigenvalue weighted by Gasteiger charge is -2.35. The van der Waals surface area contributed by atoms with Crippen molar-refractivity contribution < 1.29 is 9.47 Å². The SMILES string of the molecule is CC1CN(CCOc2ccc3c(c2)CCC3)CC(C)O1.Cl. The molecule has 1 heterocycles. The van der Waals surface area contributed by atoms with E-state index < -0.39 is 0 Å². The van der Waals surface area contributed by atoms with Crippen LogP contribution in [0.5, 0.6) is 5.75 Å². The van der Waals surface area contributed by atoms with E-state index in [-0.39, 0.29) is 12.4 Å². The number of hydrogen-bond donors (Lipinski definition) is 0. The van der Waals surface area contributed by atoms with Crippen LogP contribution < -0.4 is 4.74 Å². The number of halogens is 1. The fourth-order valence-electron chi connectivity index (χ4n) is 3.40. The summed E-state index contributed by atoms with van der Waals surface area (Å²) in [5.74, 6) is 1.03. The smallest absolute Gasteiger partial charge is 0.119 e. The van der Waals surface area contributed by atoms with Gasteiger partial charge in [-0.2, -0.15) is 0 Å². The van der Waals surface area contributed by atoms with E-state index in [4.69, 9.17) is 9.47 Å². The number of hydrogen-bond acceptors (Lipinski definition) is 3. The zero-order chi connectivity index (χ0) is 13.9. The minimum atomic E-state index is 0. The monoisotopic (exact) mass is 311 g/mol. The van der Waals surface area contributed by atoms with Crippen molar-refractivity contribution in [2.24, 2.45) is 0 Å². The molecule has 1 aliphatic carbocycles. The summed E-state index contributed by atoms with van der Waals surface area (Å²) < 4.78 is 11.7. The summed E-state index contributed by atoms with van der Waals surface area (Å²) in [7, 11) is 0. The molecule has 1 aromatic rings. The molecule has 1 fully saturated rings. The van der Waals surface area contributed by atoms with Crippen LogP contribution in [0.4, 0.5) is 0 Å². The molecule has 1 saturated heterocycles. The molecular formula is C17H26ClNO2. The van der Waals surface area contributed by atoms with E-state index >= 15 is 0 Å². The molecule has 0 N–H and O–H groups in total. The van der Waals surface area contributed by atoms with Gasteiger partial charge in [0.2, 0.25) is 0 Å². The molecule has 0 radical (unpaired) electrons. The number of nitrogens with zero attached hydrogens (tertiary/aromatic N) is 1. The van der Waals surface area contributed by atoms with Gasteiger partial charge in [0.1, 0.15) is 12.4 Å². The Bertz CT molecular complexity index is 456. The van der Waals surface area contributed by atoms with Crippen LogP contribution in [0.15, 0.2) is 18.2 Å². The molecular weight excluding hydrogens is 286 g/mol. The number of aryl methyl sites for hydroxylation is 2. The lowest BCUT2D eigenvalue weighted by atomic mass is 10.1. The van der Waals surface area contributed by atoms with Gasteiger partial charge in [-0.15, -0.1) is 12.4 Å². The van der Waals surface area contributed by atoms with Gasteiger partial charge < -0.3 is 9.47 Å². The Morgan fingerprint density at radius 2 is 1.86 bits per heavy atom. The van der Waals surface area contributed by atoms with E-state index in [1.807, 2.05) is 0 Å². The number of fused-ring (bicyclic) bond motifs is 1. The second-order valence-electron chi connectivity index (χ2n) is 6.15. The summed E-state index contributed by atoms with van der Waals surface area (Å²) in [5.41, 5.74) is 2.99. The van der Waals surface area contributed by atoms with Gasteiger partial charge in [-0.05, 0) is 56.4 Å². The highest BCUT2D eigenvalue weighted by molar-refractivity contribution is 5.85. The third-order valence-corrected chi connectivity index (χ3v) is 4.24. The van der Waals surface area contributed by atoms with E-state index in [1.54, 1.807) is 0 Å². The average molecular weight is 312 g/mol. The largest absolute Gasteiger partial charge is 0.492 e. The predicted octanol–water partition coefficient (Wildman–Crippen LogP) is 3.09. The highest BCUT2D eigenvalue weighted by atomic mass is 35.5. The first-order valence-electron chi connectivity index (χ1n) is 7.83. The molecule has 0 spiro atoms. The summed E-state index contributed by atoms with van der Waals surface area (Å²) in [4.78, 5) is 2.44. The van der Waals surface area contributed by atoms with Crippen LogP contribution in [0, 0.1) is 0 Å². The number of morpholine rings is 1.